The van der Waals surface area contributed by atoms with Crippen LogP contribution in [-0.2, 0) is 16.1 Å². The fraction of sp³-hybridized carbons (Fsp3) is 0.207. The number of aliphatic imine (C=N–C) groups is 1. The second-order valence-corrected chi connectivity index (χ2v) is 9.18. The zero-order valence-corrected chi connectivity index (χ0v) is 22.8. The number of carbonyl (C=O) groups is 2. The van der Waals surface area contributed by atoms with E-state index in [1.54, 1.807) is 18.2 Å². The van der Waals surface area contributed by atoms with Crippen molar-refractivity contribution in [3.63, 3.8) is 0 Å². The van der Waals surface area contributed by atoms with Crippen molar-refractivity contribution in [2.24, 2.45) is 4.99 Å². The summed E-state index contributed by atoms with van der Waals surface area (Å²) < 4.78 is 10.8. The Balaban J connectivity index is 0.000000934. The van der Waals surface area contributed by atoms with Crippen molar-refractivity contribution in [1.82, 2.24) is 0 Å². The third kappa shape index (κ3) is 8.10. The number of hydrogen-bond donors (Lipinski definition) is 1. The second-order valence-electron chi connectivity index (χ2n) is 8.37. The molecule has 0 unspecified atom stereocenters. The molecule has 198 valence electrons. The highest BCUT2D eigenvalue weighted by Gasteiger charge is 2.16. The van der Waals surface area contributed by atoms with Crippen molar-refractivity contribution in [1.29, 1.82) is 0 Å². The molecule has 0 atom stereocenters. The molecule has 0 aromatic heterocycles. The lowest BCUT2D eigenvalue weighted by molar-refractivity contribution is -0.134. The quantitative estimate of drug-likeness (QED) is 0.354. The number of anilines is 1. The molecule has 0 saturated heterocycles. The van der Waals surface area contributed by atoms with Crippen molar-refractivity contribution < 1.29 is 24.2 Å². The van der Waals surface area contributed by atoms with Crippen LogP contribution in [0.3, 0.4) is 0 Å². The number of carboxylic acid groups (broad SMARTS) is 1. The number of halogens is 2. The van der Waals surface area contributed by atoms with Gasteiger partial charge in [0, 0.05) is 37.8 Å². The summed E-state index contributed by atoms with van der Waals surface area (Å²) >= 11 is 12.2. The molecule has 3 aromatic rings. The van der Waals surface area contributed by atoms with Gasteiger partial charge in [0.1, 0.15) is 12.4 Å². The number of benzodiazepines with no additional fused rings is 1. The molecule has 0 spiro atoms. The fourth-order valence-corrected chi connectivity index (χ4v) is 3.92. The standard InChI is InChI=1S/C27H24Cl2N2O3.C2H4O2/c1-31-14-13-30-25(12-6-18-5-11-23(28)24(29)15-18)22-10-9-21(16-26(22)31)34-17-19-3-7-20(8-4-19)27(32)33-2;1-2(3)4/h3-12,15-16H,13-14,17H2,1-2H3;1H3,(H,3,4). The average Bonchev–Trinajstić information content (AvgIpc) is 3.05. The number of methoxy groups -OCH3 is 1. The fourth-order valence-electron chi connectivity index (χ4n) is 3.61. The molecule has 7 nitrogen and oxygen atoms in total. The lowest BCUT2D eigenvalue weighted by atomic mass is 10.0. The molecular weight excluding hydrogens is 527 g/mol. The van der Waals surface area contributed by atoms with Crippen LogP contribution in [0.15, 0.2) is 71.7 Å². The van der Waals surface area contributed by atoms with Crippen molar-refractivity contribution in [2.45, 2.75) is 13.5 Å². The molecular formula is C29H28Cl2N2O5. The number of hydrogen-bond acceptors (Lipinski definition) is 6. The van der Waals surface area contributed by atoms with Crippen LogP contribution >= 0.6 is 23.2 Å². The third-order valence-electron chi connectivity index (χ3n) is 5.53. The molecule has 4 rings (SSSR count). The van der Waals surface area contributed by atoms with Gasteiger partial charge in [0.2, 0.25) is 0 Å². The van der Waals surface area contributed by atoms with E-state index in [2.05, 4.69) is 11.9 Å². The van der Waals surface area contributed by atoms with E-state index in [1.807, 2.05) is 54.6 Å². The number of nitrogens with zero attached hydrogens (tertiary/aromatic N) is 2. The van der Waals surface area contributed by atoms with E-state index in [0.29, 0.717) is 28.8 Å². The third-order valence-corrected chi connectivity index (χ3v) is 6.27. The number of esters is 1. The Morgan fingerprint density at radius 2 is 1.74 bits per heavy atom. The van der Waals surface area contributed by atoms with Gasteiger partial charge in [-0.25, -0.2) is 4.79 Å². The molecule has 1 heterocycles. The number of benzene rings is 3. The molecule has 1 N–H and O–H groups in total. The average molecular weight is 555 g/mol. The van der Waals surface area contributed by atoms with Gasteiger partial charge < -0.3 is 19.5 Å². The highest BCUT2D eigenvalue weighted by atomic mass is 35.5. The zero-order chi connectivity index (χ0) is 27.7. The van der Waals surface area contributed by atoms with Crippen molar-refractivity contribution >= 4 is 52.6 Å². The number of likely N-dealkylation sites (N-methyl/N-ethyl adjacent to an activating group) is 1. The minimum absolute atomic E-state index is 0.355. The van der Waals surface area contributed by atoms with Crippen LogP contribution < -0.4 is 9.64 Å². The Morgan fingerprint density at radius 1 is 1.03 bits per heavy atom. The van der Waals surface area contributed by atoms with Gasteiger partial charge in [-0.1, -0.05) is 47.5 Å². The zero-order valence-electron chi connectivity index (χ0n) is 21.3. The highest BCUT2D eigenvalue weighted by molar-refractivity contribution is 6.42. The number of rotatable bonds is 6. The number of allylic oxidation sites excluding steroid dienone is 1. The van der Waals surface area contributed by atoms with Gasteiger partial charge in [-0.05, 0) is 53.6 Å². The molecule has 1 aliphatic rings. The van der Waals surface area contributed by atoms with E-state index >= 15 is 0 Å². The Morgan fingerprint density at radius 3 is 2.39 bits per heavy atom. The summed E-state index contributed by atoms with van der Waals surface area (Å²) in [7, 11) is 3.42. The molecule has 0 amide bonds. The Hall–Kier alpha value is -3.81. The van der Waals surface area contributed by atoms with E-state index < -0.39 is 5.97 Å². The lowest BCUT2D eigenvalue weighted by Gasteiger charge is -2.20. The molecule has 0 radical (unpaired) electrons. The first-order valence-corrected chi connectivity index (χ1v) is 12.5. The molecule has 0 aliphatic carbocycles. The molecule has 1 aliphatic heterocycles. The van der Waals surface area contributed by atoms with Gasteiger partial charge in [-0.2, -0.15) is 0 Å². The Kier molecular flexibility index (Phi) is 10.3. The number of carboxylic acids is 1. The lowest BCUT2D eigenvalue weighted by Crippen LogP contribution is -2.20. The summed E-state index contributed by atoms with van der Waals surface area (Å²) in [6, 6.07) is 18.7. The van der Waals surface area contributed by atoms with Gasteiger partial charge in [-0.15, -0.1) is 0 Å². The largest absolute Gasteiger partial charge is 0.489 e. The summed E-state index contributed by atoms with van der Waals surface area (Å²) in [5.41, 5.74) is 5.41. The van der Waals surface area contributed by atoms with Gasteiger partial charge in [-0.3, -0.25) is 9.79 Å². The van der Waals surface area contributed by atoms with Crippen LogP contribution in [0.1, 0.15) is 34.0 Å². The highest BCUT2D eigenvalue weighted by Crippen LogP contribution is 2.29. The molecule has 0 bridgehead atoms. The summed E-state index contributed by atoms with van der Waals surface area (Å²) in [6.45, 7) is 2.96. The van der Waals surface area contributed by atoms with Crippen molar-refractivity contribution in [3.05, 3.63) is 99.0 Å². The van der Waals surface area contributed by atoms with Crippen molar-refractivity contribution in [3.8, 4) is 5.75 Å². The second kappa shape index (κ2) is 13.7. The maximum absolute atomic E-state index is 11.6. The summed E-state index contributed by atoms with van der Waals surface area (Å²) in [6.07, 6.45) is 3.99. The smallest absolute Gasteiger partial charge is 0.337 e. The predicted octanol–water partition coefficient (Wildman–Crippen LogP) is 6.40. The van der Waals surface area contributed by atoms with Gasteiger partial charge >= 0.3 is 5.97 Å². The Bertz CT molecular complexity index is 1350. The maximum atomic E-state index is 11.6. The predicted molar refractivity (Wildman–Crippen MR) is 152 cm³/mol. The number of carbonyl (C=O) groups excluding carboxylic acids is 1. The first-order chi connectivity index (χ1) is 18.2. The van der Waals surface area contributed by atoms with Crippen molar-refractivity contribution in [2.75, 3.05) is 32.1 Å². The van der Waals surface area contributed by atoms with Crippen LogP contribution in [0.2, 0.25) is 10.0 Å². The monoisotopic (exact) mass is 554 g/mol. The van der Waals surface area contributed by atoms with E-state index in [1.165, 1.54) is 7.11 Å². The van der Waals surface area contributed by atoms with E-state index in [-0.39, 0.29) is 5.97 Å². The molecule has 3 aromatic carbocycles. The number of aliphatic carboxylic acids is 1. The SMILES string of the molecule is CC(=O)O.COC(=O)c1ccc(COc2ccc3c(c2)N(C)CCN=C3C=Cc2ccc(Cl)c(Cl)c2)cc1. The molecule has 0 fully saturated rings. The van der Waals surface area contributed by atoms with Crippen LogP contribution in [0, 0.1) is 0 Å². The molecule has 9 heteroatoms. The van der Waals surface area contributed by atoms with Crippen LogP contribution in [0.5, 0.6) is 5.75 Å². The topological polar surface area (TPSA) is 88.4 Å². The molecule has 38 heavy (non-hydrogen) atoms. The first-order valence-electron chi connectivity index (χ1n) is 11.7. The number of fused-ring (bicyclic) bond motifs is 1. The normalized spacial score (nSPS) is 12.6. The van der Waals surface area contributed by atoms with E-state index in [0.717, 1.165) is 47.3 Å². The van der Waals surface area contributed by atoms with E-state index in [4.69, 9.17) is 47.6 Å². The maximum Gasteiger partial charge on any atom is 0.337 e. The Labute approximate surface area is 231 Å². The summed E-state index contributed by atoms with van der Waals surface area (Å²) in [5, 5.41) is 8.47. The van der Waals surface area contributed by atoms with Crippen LogP contribution in [0.4, 0.5) is 5.69 Å². The summed E-state index contributed by atoms with van der Waals surface area (Å²) in [4.78, 5) is 27.5. The minimum atomic E-state index is -0.833. The molecule has 0 saturated carbocycles. The number of ether oxygens (including phenoxy) is 2. The summed E-state index contributed by atoms with van der Waals surface area (Å²) in [5.74, 6) is -0.427. The van der Waals surface area contributed by atoms with Gasteiger partial charge in [0.15, 0.2) is 0 Å². The van der Waals surface area contributed by atoms with Crippen LogP contribution in [0.25, 0.3) is 6.08 Å². The van der Waals surface area contributed by atoms with E-state index in [9.17, 15) is 4.79 Å². The van der Waals surface area contributed by atoms with Gasteiger partial charge in [0.05, 0.1) is 35.0 Å². The first kappa shape index (κ1) is 28.8. The minimum Gasteiger partial charge on any atom is -0.489 e. The van der Waals surface area contributed by atoms with Crippen LogP contribution in [-0.4, -0.2) is 50.0 Å². The van der Waals surface area contributed by atoms with Gasteiger partial charge in [0.25, 0.3) is 5.97 Å².